The molecule has 2 N–H and O–H groups in total. The number of aromatic nitrogens is 3. The largest absolute Gasteiger partial charge is 0.486 e. The molecule has 0 saturated carbocycles. The van der Waals surface area contributed by atoms with Crippen molar-refractivity contribution in [3.8, 4) is 28.1 Å². The van der Waals surface area contributed by atoms with Crippen molar-refractivity contribution in [3.63, 3.8) is 0 Å². The number of ether oxygens (including phenoxy) is 2. The Balaban J connectivity index is 0.000000807. The molecule has 3 aliphatic rings. The third-order valence-electron chi connectivity index (χ3n) is 8.31. The lowest BCUT2D eigenvalue weighted by Crippen LogP contribution is -2.45. The minimum atomic E-state index is -0.912. The number of carboxylic acid groups (broad SMARTS) is 1. The van der Waals surface area contributed by atoms with Gasteiger partial charge in [-0.1, -0.05) is 24.3 Å². The maximum absolute atomic E-state index is 14.7. The van der Waals surface area contributed by atoms with E-state index < -0.39 is 11.6 Å². The number of hydrogen-bond donors (Lipinski definition) is 2. The van der Waals surface area contributed by atoms with Crippen LogP contribution in [0.15, 0.2) is 54.6 Å². The number of aliphatic carboxylic acids is 1. The Morgan fingerprint density at radius 2 is 1.79 bits per heavy atom. The second-order valence-electron chi connectivity index (χ2n) is 13.7. The summed E-state index contributed by atoms with van der Waals surface area (Å²) in [6.07, 6.45) is 4.98. The normalized spacial score (nSPS) is 20.4. The molecule has 2 aromatic carbocycles. The molecule has 7 rings (SSSR count). The van der Waals surface area contributed by atoms with E-state index in [1.54, 1.807) is 32.2 Å². The molecular weight excluding hydrogens is 599 g/mol. The van der Waals surface area contributed by atoms with Gasteiger partial charge in [-0.3, -0.25) is 4.79 Å². The van der Waals surface area contributed by atoms with E-state index in [2.05, 4.69) is 11.8 Å². The van der Waals surface area contributed by atoms with Crippen molar-refractivity contribution in [2.24, 2.45) is 0 Å². The second kappa shape index (κ2) is 13.4. The number of rotatable bonds is 2. The highest BCUT2D eigenvalue weighted by Gasteiger charge is 2.33. The van der Waals surface area contributed by atoms with Gasteiger partial charge in [0.05, 0.1) is 29.9 Å². The van der Waals surface area contributed by atoms with Crippen LogP contribution in [0, 0.1) is 19.7 Å². The first-order valence-corrected chi connectivity index (χ1v) is 16.1. The molecule has 1 atom stereocenters. The fourth-order valence-corrected chi connectivity index (χ4v) is 5.86. The predicted octanol–water partition coefficient (Wildman–Crippen LogP) is 6.94. The number of carbonyl (C=O) groups is 1. The van der Waals surface area contributed by atoms with Crippen molar-refractivity contribution in [2.75, 3.05) is 24.6 Å². The summed E-state index contributed by atoms with van der Waals surface area (Å²) in [5, 5.41) is 23.3. The average molecular weight is 645 g/mol. The van der Waals surface area contributed by atoms with Gasteiger partial charge in [0, 0.05) is 47.6 Å². The van der Waals surface area contributed by atoms with Gasteiger partial charge in [-0.2, -0.15) is 9.61 Å². The van der Waals surface area contributed by atoms with E-state index in [0.717, 1.165) is 35.3 Å². The number of aryl methyl sites for hydroxylation is 2. The van der Waals surface area contributed by atoms with Crippen molar-refractivity contribution >= 4 is 17.4 Å². The van der Waals surface area contributed by atoms with Crippen LogP contribution < -0.4 is 9.64 Å². The van der Waals surface area contributed by atoms with E-state index in [-0.39, 0.29) is 23.9 Å². The summed E-state index contributed by atoms with van der Waals surface area (Å²) in [5.74, 6) is -0.0173. The van der Waals surface area contributed by atoms with Crippen LogP contribution in [-0.2, 0) is 16.0 Å². The highest BCUT2D eigenvalue weighted by atomic mass is 19.1. The molecule has 0 aliphatic carbocycles. The van der Waals surface area contributed by atoms with Gasteiger partial charge in [0.1, 0.15) is 23.5 Å². The van der Waals surface area contributed by atoms with E-state index >= 15 is 0 Å². The van der Waals surface area contributed by atoms with Crippen LogP contribution >= 0.6 is 0 Å². The smallest absolute Gasteiger partial charge is 0.308 e. The van der Waals surface area contributed by atoms with Gasteiger partial charge >= 0.3 is 5.97 Å². The first kappa shape index (κ1) is 34.1. The summed E-state index contributed by atoms with van der Waals surface area (Å²) >= 11 is 0. The number of piperidine rings is 1. The summed E-state index contributed by atoms with van der Waals surface area (Å²) in [7, 11) is 0. The van der Waals surface area contributed by atoms with Gasteiger partial charge in [0.25, 0.3) is 0 Å². The van der Waals surface area contributed by atoms with Crippen molar-refractivity contribution in [2.45, 2.75) is 85.0 Å². The molecule has 0 amide bonds. The Morgan fingerprint density at radius 1 is 1.11 bits per heavy atom. The predicted molar refractivity (Wildman–Crippen MR) is 182 cm³/mol. The van der Waals surface area contributed by atoms with Gasteiger partial charge in [0.15, 0.2) is 5.65 Å². The Bertz CT molecular complexity index is 1790. The Kier molecular flexibility index (Phi) is 9.75. The summed E-state index contributed by atoms with van der Waals surface area (Å²) in [6, 6.07) is 13.1. The van der Waals surface area contributed by atoms with Crippen LogP contribution in [0.2, 0.25) is 0 Å². The lowest BCUT2D eigenvalue weighted by molar-refractivity contribution is -0.136. The van der Waals surface area contributed by atoms with Gasteiger partial charge in [0.2, 0.25) is 0 Å². The molecule has 3 aliphatic heterocycles. The topological polar surface area (TPSA) is 109 Å². The first-order valence-electron chi connectivity index (χ1n) is 16.1. The maximum atomic E-state index is 14.7. The van der Waals surface area contributed by atoms with Crippen molar-refractivity contribution < 1.29 is 28.9 Å². The summed E-state index contributed by atoms with van der Waals surface area (Å²) in [4.78, 5) is 18.9. The van der Waals surface area contributed by atoms with E-state index in [4.69, 9.17) is 24.7 Å². The first-order chi connectivity index (χ1) is 22.1. The molecule has 4 aromatic rings. The van der Waals surface area contributed by atoms with Gasteiger partial charge in [-0.25, -0.2) is 9.37 Å². The van der Waals surface area contributed by atoms with Crippen LogP contribution in [-0.4, -0.2) is 67.8 Å². The third-order valence-corrected chi connectivity index (χ3v) is 8.31. The zero-order valence-corrected chi connectivity index (χ0v) is 28.3. The van der Waals surface area contributed by atoms with Crippen LogP contribution in [0.3, 0.4) is 0 Å². The van der Waals surface area contributed by atoms with Gasteiger partial charge in [-0.05, 0) is 90.6 Å². The minimum absolute atomic E-state index is 0.144. The molecule has 6 bridgehead atoms. The number of aliphatic hydroxyl groups is 1. The van der Waals surface area contributed by atoms with E-state index in [1.807, 2.05) is 62.4 Å². The van der Waals surface area contributed by atoms with Crippen LogP contribution in [0.1, 0.15) is 64.3 Å². The number of carboxylic acids is 1. The fourth-order valence-electron chi connectivity index (χ4n) is 5.86. The van der Waals surface area contributed by atoms with Crippen LogP contribution in [0.5, 0.6) is 5.75 Å². The van der Waals surface area contributed by atoms with Crippen molar-refractivity contribution in [1.82, 2.24) is 14.6 Å². The molecule has 0 spiro atoms. The Hall–Kier alpha value is -4.28. The number of nitrogens with zero attached hydrogens (tertiary/aromatic N) is 4. The number of hydrogen-bond acceptors (Lipinski definition) is 7. The molecule has 9 nitrogen and oxygen atoms in total. The quantitative estimate of drug-likeness (QED) is 0.226. The standard InChI is InChI=1S/C33H35FN4O4.C4H10O/c1-20-15-26-23-8-5-9-24(16-23)28-19-30-35-22(3)25(17-31(39)40)32(38(30)36-28)37-12-10-33(4,11-13-37)41-14-6-7-21(2)42-29(26)18-27(20)34;1-4(2,3)5/h5-9,15-16,18-19,21H,10-14,17H2,1-4H3,(H,39,40);5H,1-3H3/b7-6+;. The molecule has 1 unspecified atom stereocenters. The number of fused-ring (bicyclic) bond motifs is 6. The average Bonchev–Trinajstić information content (AvgIpc) is 3.40. The molecular formula is C37H45FN4O5. The van der Waals surface area contributed by atoms with Gasteiger partial charge < -0.3 is 24.6 Å². The van der Waals surface area contributed by atoms with E-state index in [1.165, 1.54) is 6.07 Å². The number of benzene rings is 2. The SMILES string of the molecule is CC(C)(C)O.Cc1cc2c(cc1F)OC(C)/C=C/COC1(C)CCN(CC1)c1c(CC(=O)O)c(C)nc3cc(nn13)-c1cccc-2c1. The minimum Gasteiger partial charge on any atom is -0.486 e. The van der Waals surface area contributed by atoms with Crippen LogP contribution in [0.25, 0.3) is 28.0 Å². The number of halogens is 1. The molecule has 0 radical (unpaired) electrons. The second-order valence-corrected chi connectivity index (χ2v) is 13.7. The van der Waals surface area contributed by atoms with Crippen molar-refractivity contribution in [1.29, 1.82) is 0 Å². The van der Waals surface area contributed by atoms with Crippen LogP contribution in [0.4, 0.5) is 10.2 Å². The monoisotopic (exact) mass is 644 g/mol. The molecule has 2 aromatic heterocycles. The molecule has 250 valence electrons. The zero-order chi connectivity index (χ0) is 34.1. The van der Waals surface area contributed by atoms with E-state index in [9.17, 15) is 14.3 Å². The highest BCUT2D eigenvalue weighted by molar-refractivity contribution is 5.78. The molecule has 10 heteroatoms. The lowest BCUT2D eigenvalue weighted by Gasteiger charge is -2.40. The molecule has 5 heterocycles. The van der Waals surface area contributed by atoms with Crippen molar-refractivity contribution in [3.05, 3.63) is 77.3 Å². The third kappa shape index (κ3) is 8.18. The molecule has 47 heavy (non-hydrogen) atoms. The zero-order valence-electron chi connectivity index (χ0n) is 28.3. The molecule has 1 fully saturated rings. The van der Waals surface area contributed by atoms with E-state index in [0.29, 0.717) is 53.6 Å². The highest BCUT2D eigenvalue weighted by Crippen LogP contribution is 2.37. The summed E-state index contributed by atoms with van der Waals surface area (Å²) in [5.41, 5.74) is 4.90. The fraction of sp³-hybridized carbons (Fsp3) is 0.432. The number of anilines is 1. The Morgan fingerprint density at radius 3 is 2.47 bits per heavy atom. The van der Waals surface area contributed by atoms with Gasteiger partial charge in [-0.15, -0.1) is 0 Å². The summed E-state index contributed by atoms with van der Waals surface area (Å²) < 4.78 is 29.1. The maximum Gasteiger partial charge on any atom is 0.308 e. The molecule has 1 saturated heterocycles. The lowest BCUT2D eigenvalue weighted by atomic mass is 9.93. The summed E-state index contributed by atoms with van der Waals surface area (Å²) in [6.45, 7) is 14.7. The Labute approximate surface area is 275 Å².